The van der Waals surface area contributed by atoms with Gasteiger partial charge in [-0.05, 0) is 17.7 Å². The van der Waals surface area contributed by atoms with Crippen LogP contribution in [0.25, 0.3) is 0 Å². The standard InChI is InChI=1S/C14H17ClN2O3S/c1-16(8-10-3-2-4-11(15)7-10)14(20)17-5-6-21-9-12(17)13(18)19/h2-4,7,12H,5-6,8-9H2,1H3,(H,18,19). The number of carbonyl (C=O) groups excluding carboxylic acids is 1. The van der Waals surface area contributed by atoms with Gasteiger partial charge in [0.25, 0.3) is 0 Å². The van der Waals surface area contributed by atoms with E-state index < -0.39 is 12.0 Å². The van der Waals surface area contributed by atoms with E-state index in [9.17, 15) is 14.7 Å². The smallest absolute Gasteiger partial charge is 0.327 e. The van der Waals surface area contributed by atoms with Crippen LogP contribution in [0.2, 0.25) is 5.02 Å². The number of hydrogen-bond acceptors (Lipinski definition) is 3. The Bertz CT molecular complexity index is 541. The van der Waals surface area contributed by atoms with E-state index in [0.717, 1.165) is 11.3 Å². The van der Waals surface area contributed by atoms with Crippen LogP contribution in [0.1, 0.15) is 5.56 Å². The van der Waals surface area contributed by atoms with Gasteiger partial charge in [-0.15, -0.1) is 0 Å². The van der Waals surface area contributed by atoms with Gasteiger partial charge in [0, 0.05) is 36.7 Å². The fourth-order valence-electron chi connectivity index (χ4n) is 2.23. The van der Waals surface area contributed by atoms with Crippen molar-refractivity contribution in [3.8, 4) is 0 Å². The summed E-state index contributed by atoms with van der Waals surface area (Å²) < 4.78 is 0. The molecule has 1 aliphatic heterocycles. The molecule has 0 aromatic heterocycles. The van der Waals surface area contributed by atoms with E-state index in [1.807, 2.05) is 12.1 Å². The highest BCUT2D eigenvalue weighted by Crippen LogP contribution is 2.19. The zero-order valence-corrected chi connectivity index (χ0v) is 13.2. The molecule has 0 aliphatic carbocycles. The predicted octanol–water partition coefficient (Wildman–Crippen LogP) is 2.39. The predicted molar refractivity (Wildman–Crippen MR) is 83.8 cm³/mol. The van der Waals surface area contributed by atoms with Gasteiger partial charge in [-0.2, -0.15) is 11.8 Å². The van der Waals surface area contributed by atoms with Crippen molar-refractivity contribution in [1.29, 1.82) is 0 Å². The third kappa shape index (κ3) is 4.04. The van der Waals surface area contributed by atoms with Crippen molar-refractivity contribution in [2.24, 2.45) is 0 Å². The number of carboxylic acid groups (broad SMARTS) is 1. The summed E-state index contributed by atoms with van der Waals surface area (Å²) in [6.45, 7) is 0.857. The number of benzene rings is 1. The molecule has 0 bridgehead atoms. The quantitative estimate of drug-likeness (QED) is 0.925. The van der Waals surface area contributed by atoms with Crippen molar-refractivity contribution in [2.75, 3.05) is 25.1 Å². The summed E-state index contributed by atoms with van der Waals surface area (Å²) in [6, 6.07) is 6.27. The molecule has 1 saturated heterocycles. The molecule has 1 heterocycles. The van der Waals surface area contributed by atoms with Gasteiger partial charge in [0.1, 0.15) is 6.04 Å². The third-order valence-corrected chi connectivity index (χ3v) is 4.55. The molecule has 2 rings (SSSR count). The normalized spacial score (nSPS) is 18.4. The molecule has 1 aromatic carbocycles. The number of urea groups is 1. The molecule has 0 radical (unpaired) electrons. The van der Waals surface area contributed by atoms with Crippen LogP contribution >= 0.6 is 23.4 Å². The maximum atomic E-state index is 12.4. The first-order valence-electron chi connectivity index (χ1n) is 6.56. The van der Waals surface area contributed by atoms with Crippen molar-refractivity contribution in [1.82, 2.24) is 9.80 Å². The van der Waals surface area contributed by atoms with E-state index in [1.54, 1.807) is 30.9 Å². The molecule has 5 nitrogen and oxygen atoms in total. The van der Waals surface area contributed by atoms with Gasteiger partial charge < -0.3 is 14.9 Å². The molecule has 114 valence electrons. The van der Waals surface area contributed by atoms with Crippen LogP contribution in [0.4, 0.5) is 4.79 Å². The molecule has 7 heteroatoms. The molecule has 1 unspecified atom stereocenters. The molecular weight excluding hydrogens is 312 g/mol. The number of aliphatic carboxylic acids is 1. The fourth-order valence-corrected chi connectivity index (χ4v) is 3.48. The lowest BCUT2D eigenvalue weighted by molar-refractivity contribution is -0.141. The van der Waals surface area contributed by atoms with Crippen LogP contribution in [0.3, 0.4) is 0 Å². The Kier molecular flexibility index (Phi) is 5.36. The van der Waals surface area contributed by atoms with Crippen molar-refractivity contribution in [3.63, 3.8) is 0 Å². The SMILES string of the molecule is CN(Cc1cccc(Cl)c1)C(=O)N1CCSCC1C(=O)O. The van der Waals surface area contributed by atoms with E-state index in [-0.39, 0.29) is 6.03 Å². The number of hydrogen-bond donors (Lipinski definition) is 1. The minimum Gasteiger partial charge on any atom is -0.480 e. The van der Waals surface area contributed by atoms with E-state index in [1.165, 1.54) is 9.80 Å². The first kappa shape index (κ1) is 16.0. The first-order valence-corrected chi connectivity index (χ1v) is 8.09. The van der Waals surface area contributed by atoms with Crippen molar-refractivity contribution in [3.05, 3.63) is 34.9 Å². The Morgan fingerprint density at radius 1 is 1.52 bits per heavy atom. The zero-order valence-electron chi connectivity index (χ0n) is 11.7. The Balaban J connectivity index is 2.05. The summed E-state index contributed by atoms with van der Waals surface area (Å²) >= 11 is 7.49. The molecule has 1 aromatic rings. The van der Waals surface area contributed by atoms with E-state index in [0.29, 0.717) is 23.9 Å². The lowest BCUT2D eigenvalue weighted by Gasteiger charge is -2.35. The van der Waals surface area contributed by atoms with Crippen LogP contribution < -0.4 is 0 Å². The summed E-state index contributed by atoms with van der Waals surface area (Å²) in [5.74, 6) is 0.249. The highest BCUT2D eigenvalue weighted by Gasteiger charge is 2.33. The number of halogens is 1. The maximum absolute atomic E-state index is 12.4. The lowest BCUT2D eigenvalue weighted by atomic mass is 10.2. The molecule has 1 aliphatic rings. The van der Waals surface area contributed by atoms with Crippen molar-refractivity contribution in [2.45, 2.75) is 12.6 Å². The molecule has 0 spiro atoms. The molecule has 1 atom stereocenters. The molecule has 1 N–H and O–H groups in total. The summed E-state index contributed by atoms with van der Waals surface area (Å²) in [5.41, 5.74) is 0.914. The number of amides is 2. The van der Waals surface area contributed by atoms with E-state index >= 15 is 0 Å². The second kappa shape index (κ2) is 7.04. The van der Waals surface area contributed by atoms with Crippen LogP contribution in [0.5, 0.6) is 0 Å². The minimum atomic E-state index is -0.952. The number of carbonyl (C=O) groups is 2. The molecular formula is C14H17ClN2O3S. The van der Waals surface area contributed by atoms with Crippen molar-refractivity contribution >= 4 is 35.4 Å². The average Bonchev–Trinajstić information content (AvgIpc) is 2.46. The maximum Gasteiger partial charge on any atom is 0.327 e. The van der Waals surface area contributed by atoms with Gasteiger partial charge in [-0.25, -0.2) is 9.59 Å². The van der Waals surface area contributed by atoms with Gasteiger partial charge in [0.2, 0.25) is 0 Å². The summed E-state index contributed by atoms with van der Waals surface area (Å²) in [5, 5.41) is 9.84. The summed E-state index contributed by atoms with van der Waals surface area (Å²) in [7, 11) is 1.67. The molecule has 2 amide bonds. The first-order chi connectivity index (χ1) is 9.99. The number of rotatable bonds is 3. The van der Waals surface area contributed by atoms with E-state index in [2.05, 4.69) is 0 Å². The molecule has 0 saturated carbocycles. The van der Waals surface area contributed by atoms with Crippen LogP contribution in [0.15, 0.2) is 24.3 Å². The molecule has 1 fully saturated rings. The Morgan fingerprint density at radius 2 is 2.29 bits per heavy atom. The second-order valence-electron chi connectivity index (χ2n) is 4.89. The van der Waals surface area contributed by atoms with Gasteiger partial charge in [-0.3, -0.25) is 0 Å². The van der Waals surface area contributed by atoms with Crippen LogP contribution in [-0.4, -0.2) is 58.0 Å². The van der Waals surface area contributed by atoms with Crippen molar-refractivity contribution < 1.29 is 14.7 Å². The van der Waals surface area contributed by atoms with Gasteiger partial charge in [0.05, 0.1) is 0 Å². The highest BCUT2D eigenvalue weighted by atomic mass is 35.5. The van der Waals surface area contributed by atoms with E-state index in [4.69, 9.17) is 11.6 Å². The largest absolute Gasteiger partial charge is 0.480 e. The van der Waals surface area contributed by atoms with Gasteiger partial charge >= 0.3 is 12.0 Å². The summed E-state index contributed by atoms with van der Waals surface area (Å²) in [4.78, 5) is 26.7. The topological polar surface area (TPSA) is 60.9 Å². The highest BCUT2D eigenvalue weighted by molar-refractivity contribution is 7.99. The second-order valence-corrected chi connectivity index (χ2v) is 6.48. The average molecular weight is 329 g/mol. The number of carboxylic acids is 1. The third-order valence-electron chi connectivity index (χ3n) is 3.29. The Labute approximate surface area is 132 Å². The van der Waals surface area contributed by atoms with Crippen LogP contribution in [0, 0.1) is 0 Å². The zero-order chi connectivity index (χ0) is 15.4. The van der Waals surface area contributed by atoms with Gasteiger partial charge in [0.15, 0.2) is 0 Å². The Hall–Kier alpha value is -1.40. The number of thioether (sulfide) groups is 1. The van der Waals surface area contributed by atoms with Gasteiger partial charge in [-0.1, -0.05) is 23.7 Å². The Morgan fingerprint density at radius 3 is 2.95 bits per heavy atom. The number of nitrogens with zero attached hydrogens (tertiary/aromatic N) is 2. The lowest BCUT2D eigenvalue weighted by Crippen LogP contribution is -2.53. The summed E-state index contributed by atoms with van der Waals surface area (Å²) in [6.07, 6.45) is 0. The fraction of sp³-hybridized carbons (Fsp3) is 0.429. The van der Waals surface area contributed by atoms with Crippen LogP contribution in [-0.2, 0) is 11.3 Å². The molecule has 21 heavy (non-hydrogen) atoms. The minimum absolute atomic E-state index is 0.261. The monoisotopic (exact) mass is 328 g/mol.